The lowest BCUT2D eigenvalue weighted by atomic mass is 9.57. The summed E-state index contributed by atoms with van der Waals surface area (Å²) in [6.07, 6.45) is 5.71. The molecule has 4 heterocycles. The maximum atomic E-state index is 12.8. The van der Waals surface area contributed by atoms with E-state index in [1.165, 1.54) is 12.3 Å². The van der Waals surface area contributed by atoms with E-state index in [0.29, 0.717) is 11.8 Å². The average Bonchev–Trinajstić information content (AvgIpc) is 2.84. The molecule has 0 aromatic carbocycles. The van der Waals surface area contributed by atoms with Gasteiger partial charge in [-0.25, -0.2) is 9.78 Å². The largest absolute Gasteiger partial charge is 0.323 e. The number of allylic oxidation sites excluding steroid dienone is 1. The summed E-state index contributed by atoms with van der Waals surface area (Å²) in [5.74, 6) is 0.715. The van der Waals surface area contributed by atoms with Crippen LogP contribution < -0.4 is 0 Å². The van der Waals surface area contributed by atoms with Gasteiger partial charge >= 0.3 is 0 Å². The van der Waals surface area contributed by atoms with Gasteiger partial charge in [-0.15, -0.1) is 0 Å². The van der Waals surface area contributed by atoms with E-state index in [-0.39, 0.29) is 17.7 Å². The molecule has 6 heteroatoms. The van der Waals surface area contributed by atoms with Crippen molar-refractivity contribution < 1.29 is 19.3 Å². The molecule has 7 atom stereocenters. The smallest absolute Gasteiger partial charge is 0.231 e. The van der Waals surface area contributed by atoms with Crippen LogP contribution >= 0.6 is 0 Å². The number of nitriles is 1. The minimum atomic E-state index is -0.627. The van der Waals surface area contributed by atoms with Gasteiger partial charge in [0, 0.05) is 30.5 Å². The first-order chi connectivity index (χ1) is 11.1. The molecule has 23 heavy (non-hydrogen) atoms. The number of hydrogen-bond acceptors (Lipinski definition) is 5. The zero-order valence-electron chi connectivity index (χ0n) is 13.5. The molecule has 0 N–H and O–H groups in total. The predicted octanol–water partition coefficient (Wildman–Crippen LogP) is 2.33. The molecule has 2 bridgehead atoms. The third-order valence-electron chi connectivity index (χ3n) is 6.27. The van der Waals surface area contributed by atoms with Crippen molar-refractivity contribution in [3.05, 3.63) is 12.3 Å². The number of carbonyl (C=O) groups is 1. The quantitative estimate of drug-likeness (QED) is 0.548. The Kier molecular flexibility index (Phi) is 3.49. The van der Waals surface area contributed by atoms with Gasteiger partial charge < -0.3 is 4.74 Å². The Hall–Kier alpha value is -1.42. The van der Waals surface area contributed by atoms with Gasteiger partial charge in [0.15, 0.2) is 18.1 Å². The standard InChI is InChI=1S/C17H22N2O4/c1-10-4-5-13-11(2)15(20)19(9-3-8-18)16-17(13)12(10)6-7-14(21-16)22-23-17/h3,9-14,16H,4-7H2,1-2H3/b9-3-/t10-,11-,12+,13+,14-,16-,17-/m1/s1. The van der Waals surface area contributed by atoms with Crippen LogP contribution in [0.4, 0.5) is 0 Å². The summed E-state index contributed by atoms with van der Waals surface area (Å²) in [6, 6.07) is 1.96. The summed E-state index contributed by atoms with van der Waals surface area (Å²) >= 11 is 0. The van der Waals surface area contributed by atoms with Crippen molar-refractivity contribution in [2.75, 3.05) is 0 Å². The summed E-state index contributed by atoms with van der Waals surface area (Å²) in [6.45, 7) is 4.21. The predicted molar refractivity (Wildman–Crippen MR) is 78.9 cm³/mol. The van der Waals surface area contributed by atoms with E-state index in [1.54, 1.807) is 4.90 Å². The molecule has 0 unspecified atom stereocenters. The first-order valence-electron chi connectivity index (χ1n) is 8.48. The lowest BCUT2D eigenvalue weighted by molar-refractivity contribution is -0.515. The molecule has 5 aliphatic rings. The highest BCUT2D eigenvalue weighted by Crippen LogP contribution is 2.58. The number of nitrogens with zero attached hydrogens (tertiary/aromatic N) is 2. The van der Waals surface area contributed by atoms with E-state index in [0.717, 1.165) is 25.7 Å². The third kappa shape index (κ3) is 1.94. The highest BCUT2D eigenvalue weighted by molar-refractivity contribution is 5.81. The number of carbonyl (C=O) groups excluding carboxylic acids is 1. The number of ether oxygens (including phenoxy) is 1. The molecular weight excluding hydrogens is 296 g/mol. The third-order valence-corrected chi connectivity index (χ3v) is 6.27. The van der Waals surface area contributed by atoms with E-state index in [9.17, 15) is 4.79 Å². The Bertz CT molecular complexity index is 586. The van der Waals surface area contributed by atoms with Crippen LogP contribution in [0.3, 0.4) is 0 Å². The van der Waals surface area contributed by atoms with Gasteiger partial charge in [0.25, 0.3) is 0 Å². The van der Waals surface area contributed by atoms with Crippen LogP contribution in [0.1, 0.15) is 39.5 Å². The molecule has 5 rings (SSSR count). The Morgan fingerprint density at radius 2 is 2.04 bits per heavy atom. The second-order valence-corrected chi connectivity index (χ2v) is 7.28. The summed E-state index contributed by atoms with van der Waals surface area (Å²) in [4.78, 5) is 26.0. The van der Waals surface area contributed by atoms with Crippen LogP contribution in [-0.4, -0.2) is 28.9 Å². The normalized spacial score (nSPS) is 48.9. The van der Waals surface area contributed by atoms with Crippen molar-refractivity contribution in [2.24, 2.45) is 23.7 Å². The highest BCUT2D eigenvalue weighted by Gasteiger charge is 2.68. The highest BCUT2D eigenvalue weighted by atomic mass is 17.2. The summed E-state index contributed by atoms with van der Waals surface area (Å²) in [7, 11) is 0. The van der Waals surface area contributed by atoms with Crippen molar-refractivity contribution in [1.29, 1.82) is 5.26 Å². The maximum absolute atomic E-state index is 12.8. The summed E-state index contributed by atoms with van der Waals surface area (Å²) < 4.78 is 6.12. The van der Waals surface area contributed by atoms with Crippen molar-refractivity contribution in [3.63, 3.8) is 0 Å². The number of hydrogen-bond donors (Lipinski definition) is 0. The molecule has 1 spiro atoms. The van der Waals surface area contributed by atoms with E-state index in [4.69, 9.17) is 19.8 Å². The lowest BCUT2D eigenvalue weighted by Crippen LogP contribution is -2.73. The first-order valence-corrected chi connectivity index (χ1v) is 8.48. The molecule has 0 aromatic rings. The van der Waals surface area contributed by atoms with Crippen molar-refractivity contribution in [2.45, 2.75) is 57.6 Å². The van der Waals surface area contributed by atoms with Crippen molar-refractivity contribution in [1.82, 2.24) is 4.90 Å². The SMILES string of the molecule is C[C@@H]1CC[C@H]2[C@@H](C)C(=O)N(/C=C\C#N)[C@@H]3O[C@H]4CC[C@@H]1[C@@]23OO4. The lowest BCUT2D eigenvalue weighted by Gasteiger charge is -2.60. The van der Waals surface area contributed by atoms with E-state index < -0.39 is 18.1 Å². The molecule has 0 radical (unpaired) electrons. The zero-order chi connectivity index (χ0) is 16.2. The van der Waals surface area contributed by atoms with Crippen LogP contribution in [0.15, 0.2) is 12.3 Å². The molecular formula is C17H22N2O4. The maximum Gasteiger partial charge on any atom is 0.231 e. The van der Waals surface area contributed by atoms with E-state index >= 15 is 0 Å². The molecule has 1 amide bonds. The summed E-state index contributed by atoms with van der Waals surface area (Å²) in [5, 5.41) is 8.86. The second kappa shape index (κ2) is 5.30. The number of amides is 1. The fraction of sp³-hybridized carbons (Fsp3) is 0.765. The van der Waals surface area contributed by atoms with Crippen LogP contribution in [0.5, 0.6) is 0 Å². The molecule has 6 nitrogen and oxygen atoms in total. The fourth-order valence-corrected chi connectivity index (χ4v) is 5.18. The molecule has 1 aliphatic carbocycles. The van der Waals surface area contributed by atoms with Crippen LogP contribution in [-0.2, 0) is 19.3 Å². The van der Waals surface area contributed by atoms with E-state index in [1.807, 2.05) is 13.0 Å². The number of piperidine rings is 1. The molecule has 5 fully saturated rings. The number of fused-ring (bicyclic) bond motifs is 2. The Balaban J connectivity index is 1.84. The van der Waals surface area contributed by atoms with Gasteiger partial charge in [-0.3, -0.25) is 9.69 Å². The van der Waals surface area contributed by atoms with Gasteiger partial charge in [0.05, 0.1) is 6.07 Å². The molecule has 4 saturated heterocycles. The fourth-order valence-electron chi connectivity index (χ4n) is 5.18. The zero-order valence-corrected chi connectivity index (χ0v) is 13.5. The second-order valence-electron chi connectivity index (χ2n) is 7.28. The first kappa shape index (κ1) is 15.1. The van der Waals surface area contributed by atoms with Gasteiger partial charge in [-0.1, -0.05) is 13.8 Å². The van der Waals surface area contributed by atoms with Crippen LogP contribution in [0, 0.1) is 35.0 Å². The van der Waals surface area contributed by atoms with E-state index in [2.05, 4.69) is 6.92 Å². The monoisotopic (exact) mass is 318 g/mol. The van der Waals surface area contributed by atoms with Crippen molar-refractivity contribution in [3.8, 4) is 6.07 Å². The Labute approximate surface area is 135 Å². The molecule has 124 valence electrons. The Morgan fingerprint density at radius 1 is 1.26 bits per heavy atom. The molecule has 4 aliphatic heterocycles. The number of rotatable bonds is 1. The minimum Gasteiger partial charge on any atom is -0.323 e. The topological polar surface area (TPSA) is 71.8 Å². The van der Waals surface area contributed by atoms with Crippen LogP contribution in [0.2, 0.25) is 0 Å². The van der Waals surface area contributed by atoms with Gasteiger partial charge in [0.2, 0.25) is 5.91 Å². The summed E-state index contributed by atoms with van der Waals surface area (Å²) in [5.41, 5.74) is -0.627. The van der Waals surface area contributed by atoms with Gasteiger partial charge in [0.1, 0.15) is 0 Å². The van der Waals surface area contributed by atoms with Crippen molar-refractivity contribution >= 4 is 5.91 Å². The number of likely N-dealkylation sites (tertiary alicyclic amines) is 1. The molecule has 0 aromatic heterocycles. The average molecular weight is 318 g/mol. The van der Waals surface area contributed by atoms with Gasteiger partial charge in [-0.05, 0) is 31.1 Å². The Morgan fingerprint density at radius 3 is 2.83 bits per heavy atom. The van der Waals surface area contributed by atoms with Crippen LogP contribution in [0.25, 0.3) is 0 Å². The molecule has 1 saturated carbocycles. The minimum absolute atomic E-state index is 0.00146. The van der Waals surface area contributed by atoms with Gasteiger partial charge in [-0.2, -0.15) is 5.26 Å².